The van der Waals surface area contributed by atoms with Gasteiger partial charge in [0.05, 0.1) is 20.0 Å². The molecule has 0 aliphatic carbocycles. The SMILES string of the molecule is C=C[P+](c1ccccc1)(c1ccc(OC)cc1)c1ccc(OC)cc1. The van der Waals surface area contributed by atoms with Crippen molar-refractivity contribution in [3.8, 4) is 11.5 Å². The summed E-state index contributed by atoms with van der Waals surface area (Å²) in [6.45, 7) is 4.23. The summed E-state index contributed by atoms with van der Waals surface area (Å²) in [5.41, 5.74) is 0. The molecule has 0 spiro atoms. The Labute approximate surface area is 150 Å². The van der Waals surface area contributed by atoms with E-state index in [1.165, 1.54) is 15.9 Å². The van der Waals surface area contributed by atoms with Gasteiger partial charge in [0, 0.05) is 0 Å². The maximum Gasteiger partial charge on any atom is 0.136 e. The van der Waals surface area contributed by atoms with Crippen molar-refractivity contribution < 1.29 is 9.47 Å². The Morgan fingerprint density at radius 3 is 1.40 bits per heavy atom. The van der Waals surface area contributed by atoms with Crippen molar-refractivity contribution in [2.24, 2.45) is 0 Å². The van der Waals surface area contributed by atoms with Gasteiger partial charge in [-0.3, -0.25) is 0 Å². The summed E-state index contributed by atoms with van der Waals surface area (Å²) >= 11 is 0. The number of methoxy groups -OCH3 is 2. The molecular formula is C22H22O2P+. The highest BCUT2D eigenvalue weighted by Gasteiger charge is 2.42. The first-order valence-corrected chi connectivity index (χ1v) is 9.97. The number of hydrogen-bond donors (Lipinski definition) is 0. The smallest absolute Gasteiger partial charge is 0.136 e. The van der Waals surface area contributed by atoms with Gasteiger partial charge in [-0.2, -0.15) is 0 Å². The van der Waals surface area contributed by atoms with E-state index in [4.69, 9.17) is 9.47 Å². The fraction of sp³-hybridized carbons (Fsp3) is 0.0909. The van der Waals surface area contributed by atoms with Gasteiger partial charge in [0.25, 0.3) is 0 Å². The monoisotopic (exact) mass is 349 g/mol. The van der Waals surface area contributed by atoms with Crippen LogP contribution >= 0.6 is 7.26 Å². The minimum absolute atomic E-state index is 0.855. The number of hydrogen-bond acceptors (Lipinski definition) is 2. The molecule has 25 heavy (non-hydrogen) atoms. The maximum atomic E-state index is 5.33. The molecule has 3 rings (SSSR count). The van der Waals surface area contributed by atoms with E-state index in [1.54, 1.807) is 14.2 Å². The molecule has 0 radical (unpaired) electrons. The summed E-state index contributed by atoms with van der Waals surface area (Å²) in [6, 6.07) is 27.2. The van der Waals surface area contributed by atoms with Crippen LogP contribution in [0.2, 0.25) is 0 Å². The van der Waals surface area contributed by atoms with Crippen molar-refractivity contribution in [1.29, 1.82) is 0 Å². The Hall–Kier alpha value is -2.57. The molecule has 0 saturated carbocycles. The van der Waals surface area contributed by atoms with E-state index in [2.05, 4.69) is 60.9 Å². The number of ether oxygens (including phenoxy) is 2. The van der Waals surface area contributed by atoms with Crippen molar-refractivity contribution in [3.63, 3.8) is 0 Å². The van der Waals surface area contributed by atoms with Gasteiger partial charge in [-0.05, 0) is 60.7 Å². The molecule has 126 valence electrons. The highest BCUT2D eigenvalue weighted by molar-refractivity contribution is 7.98. The summed E-state index contributed by atoms with van der Waals surface area (Å²) in [6.07, 6.45) is 0. The van der Waals surface area contributed by atoms with Gasteiger partial charge in [0.1, 0.15) is 34.7 Å². The lowest BCUT2D eigenvalue weighted by atomic mass is 10.3. The van der Waals surface area contributed by atoms with E-state index in [9.17, 15) is 0 Å². The van der Waals surface area contributed by atoms with E-state index in [0.29, 0.717) is 0 Å². The normalized spacial score (nSPS) is 11.0. The zero-order chi connectivity index (χ0) is 17.7. The van der Waals surface area contributed by atoms with Gasteiger partial charge in [0.2, 0.25) is 0 Å². The van der Waals surface area contributed by atoms with E-state index in [1.807, 2.05) is 30.3 Å². The summed E-state index contributed by atoms with van der Waals surface area (Å²) in [4.78, 5) is 0. The quantitative estimate of drug-likeness (QED) is 0.623. The fourth-order valence-electron chi connectivity index (χ4n) is 3.06. The van der Waals surface area contributed by atoms with E-state index >= 15 is 0 Å². The molecule has 3 heteroatoms. The van der Waals surface area contributed by atoms with Crippen molar-refractivity contribution >= 4 is 23.2 Å². The molecule has 3 aromatic rings. The number of rotatable bonds is 6. The lowest BCUT2D eigenvalue weighted by Gasteiger charge is -2.24. The fourth-order valence-corrected chi connectivity index (χ4v) is 6.47. The van der Waals surface area contributed by atoms with Crippen LogP contribution in [-0.2, 0) is 0 Å². The predicted molar refractivity (Wildman–Crippen MR) is 108 cm³/mol. The van der Waals surface area contributed by atoms with Crippen LogP contribution in [0.3, 0.4) is 0 Å². The van der Waals surface area contributed by atoms with Crippen LogP contribution in [0.5, 0.6) is 11.5 Å². The van der Waals surface area contributed by atoms with Crippen molar-refractivity contribution in [1.82, 2.24) is 0 Å². The Balaban J connectivity index is 2.23. The van der Waals surface area contributed by atoms with Crippen LogP contribution in [0.1, 0.15) is 0 Å². The Bertz CT molecular complexity index is 777. The van der Waals surface area contributed by atoms with Crippen molar-refractivity contribution in [3.05, 3.63) is 91.3 Å². The zero-order valence-electron chi connectivity index (χ0n) is 14.6. The van der Waals surface area contributed by atoms with Gasteiger partial charge < -0.3 is 9.47 Å². The van der Waals surface area contributed by atoms with Crippen LogP contribution in [0.4, 0.5) is 0 Å². The third-order valence-electron chi connectivity index (χ3n) is 4.40. The first kappa shape index (κ1) is 17.3. The largest absolute Gasteiger partial charge is 0.497 e. The Kier molecular flexibility index (Phi) is 5.21. The van der Waals surface area contributed by atoms with Crippen molar-refractivity contribution in [2.75, 3.05) is 14.2 Å². The molecular weight excluding hydrogens is 327 g/mol. The maximum absolute atomic E-state index is 5.33. The van der Waals surface area contributed by atoms with Crippen LogP contribution < -0.4 is 25.4 Å². The molecule has 0 aliphatic rings. The topological polar surface area (TPSA) is 18.5 Å². The molecule has 2 nitrogen and oxygen atoms in total. The summed E-state index contributed by atoms with van der Waals surface area (Å²) in [5, 5.41) is 3.78. The van der Waals surface area contributed by atoms with Gasteiger partial charge in [-0.1, -0.05) is 24.8 Å². The second-order valence-corrected chi connectivity index (χ2v) is 9.00. The Morgan fingerprint density at radius 1 is 0.640 bits per heavy atom. The first-order valence-electron chi connectivity index (χ1n) is 8.12. The molecule has 0 heterocycles. The lowest BCUT2D eigenvalue weighted by Crippen LogP contribution is -2.29. The summed E-state index contributed by atoms with van der Waals surface area (Å²) < 4.78 is 10.7. The third kappa shape index (κ3) is 3.18. The van der Waals surface area contributed by atoms with E-state index in [-0.39, 0.29) is 0 Å². The number of benzene rings is 3. The van der Waals surface area contributed by atoms with Crippen LogP contribution in [0, 0.1) is 0 Å². The minimum atomic E-state index is -1.94. The Morgan fingerprint density at radius 2 is 1.04 bits per heavy atom. The van der Waals surface area contributed by atoms with Gasteiger partial charge in [-0.25, -0.2) is 0 Å². The van der Waals surface area contributed by atoms with Crippen LogP contribution in [0.15, 0.2) is 91.3 Å². The summed E-state index contributed by atoms with van der Waals surface area (Å²) in [5.74, 6) is 3.83. The highest BCUT2D eigenvalue weighted by atomic mass is 31.2. The molecule has 0 bridgehead atoms. The molecule has 0 unspecified atom stereocenters. The lowest BCUT2D eigenvalue weighted by molar-refractivity contribution is 0.415. The van der Waals surface area contributed by atoms with Gasteiger partial charge >= 0.3 is 0 Å². The van der Waals surface area contributed by atoms with Gasteiger partial charge in [-0.15, -0.1) is 0 Å². The predicted octanol–water partition coefficient (Wildman–Crippen LogP) is 4.14. The highest BCUT2D eigenvalue weighted by Crippen LogP contribution is 2.56. The third-order valence-corrected chi connectivity index (χ3v) is 8.28. The second kappa shape index (κ2) is 7.55. The average molecular weight is 349 g/mol. The summed E-state index contributed by atoms with van der Waals surface area (Å²) in [7, 11) is 1.43. The van der Waals surface area contributed by atoms with Crippen LogP contribution in [-0.4, -0.2) is 14.2 Å². The zero-order valence-corrected chi connectivity index (χ0v) is 15.4. The molecule has 0 saturated heterocycles. The molecule has 0 amide bonds. The second-order valence-electron chi connectivity index (χ2n) is 5.64. The van der Waals surface area contributed by atoms with Gasteiger partial charge in [0.15, 0.2) is 0 Å². The molecule has 0 fully saturated rings. The molecule has 0 aromatic heterocycles. The molecule has 0 N–H and O–H groups in total. The van der Waals surface area contributed by atoms with Crippen LogP contribution in [0.25, 0.3) is 0 Å². The molecule has 0 atom stereocenters. The van der Waals surface area contributed by atoms with Crippen molar-refractivity contribution in [2.45, 2.75) is 0 Å². The first-order chi connectivity index (χ1) is 12.2. The van der Waals surface area contributed by atoms with E-state index < -0.39 is 7.26 Å². The molecule has 0 aliphatic heterocycles. The van der Waals surface area contributed by atoms with E-state index in [0.717, 1.165) is 11.5 Å². The molecule has 3 aromatic carbocycles. The standard InChI is InChI=1S/C22H22O2P/c1-4-25(20-8-6-5-7-9-20,21-14-10-18(23-2)11-15-21)22-16-12-19(24-3)13-17-22/h4-17H,1H2,2-3H3/q+1. The minimum Gasteiger partial charge on any atom is -0.497 e. The average Bonchev–Trinajstić information content (AvgIpc) is 2.71.